The molecule has 2 saturated carbocycles. The Kier molecular flexibility index (Phi) is 4.69. The summed E-state index contributed by atoms with van der Waals surface area (Å²) in [5.41, 5.74) is 2.78. The van der Waals surface area contributed by atoms with Gasteiger partial charge in [-0.3, -0.25) is 24.1 Å². The molecule has 2 aliphatic carbocycles. The maximum atomic E-state index is 12.6. The predicted octanol–water partition coefficient (Wildman–Crippen LogP) is 1.82. The number of rotatable bonds is 5. The van der Waals surface area contributed by atoms with Crippen LogP contribution in [0.4, 0.5) is 5.69 Å². The molecule has 0 unspecified atom stereocenters. The topological polar surface area (TPSA) is 92.8 Å². The quantitative estimate of drug-likeness (QED) is 0.617. The van der Waals surface area contributed by atoms with E-state index >= 15 is 0 Å². The van der Waals surface area contributed by atoms with Crippen molar-refractivity contribution in [2.45, 2.75) is 33.1 Å². The fourth-order valence-electron chi connectivity index (χ4n) is 4.96. The van der Waals surface area contributed by atoms with Gasteiger partial charge >= 0.3 is 5.97 Å². The molecule has 4 rings (SSSR count). The molecule has 1 saturated heterocycles. The maximum absolute atomic E-state index is 12.6. The molecule has 1 aromatic rings. The van der Waals surface area contributed by atoms with Gasteiger partial charge in [-0.15, -0.1) is 0 Å². The molecule has 0 spiro atoms. The Labute approximate surface area is 163 Å². The lowest BCUT2D eigenvalue weighted by Crippen LogP contribution is -2.38. The Morgan fingerprint density at radius 3 is 2.32 bits per heavy atom. The maximum Gasteiger partial charge on any atom is 0.326 e. The molecular formula is C21H24N2O5. The Bertz CT molecular complexity index is 836. The average molecular weight is 384 g/mol. The molecule has 28 heavy (non-hydrogen) atoms. The standard InChI is InChI=1S/C21H24N2O5/c1-11-3-6-15(7-12(11)2)22-16(24)10-28-17(25)9-23-20(26)18-13-4-5-14(8-13)19(18)21(23)27/h3,6-7,13-14,18-19H,4-5,8-10H2,1-2H3,(H,22,24)/t13-,14-,18-,19+/m0/s1. The molecule has 1 heterocycles. The zero-order chi connectivity index (χ0) is 20.0. The highest BCUT2D eigenvalue weighted by Crippen LogP contribution is 2.56. The molecule has 7 nitrogen and oxygen atoms in total. The molecular weight excluding hydrogens is 360 g/mol. The summed E-state index contributed by atoms with van der Waals surface area (Å²) in [6.07, 6.45) is 2.92. The van der Waals surface area contributed by atoms with Gasteiger partial charge in [-0.25, -0.2) is 0 Å². The summed E-state index contributed by atoms with van der Waals surface area (Å²) >= 11 is 0. The summed E-state index contributed by atoms with van der Waals surface area (Å²) in [6.45, 7) is 3.04. The molecule has 1 N–H and O–H groups in total. The minimum absolute atomic E-state index is 0.251. The molecule has 7 heteroatoms. The molecule has 2 bridgehead atoms. The lowest BCUT2D eigenvalue weighted by molar-refractivity contribution is -0.154. The molecule has 3 fully saturated rings. The first-order chi connectivity index (χ1) is 13.3. The van der Waals surface area contributed by atoms with Crippen LogP contribution in [-0.2, 0) is 23.9 Å². The predicted molar refractivity (Wildman–Crippen MR) is 100 cm³/mol. The Balaban J connectivity index is 1.29. The van der Waals surface area contributed by atoms with Crippen molar-refractivity contribution in [3.8, 4) is 0 Å². The van der Waals surface area contributed by atoms with Crippen molar-refractivity contribution in [1.29, 1.82) is 0 Å². The second-order valence-corrected chi connectivity index (χ2v) is 8.16. The summed E-state index contributed by atoms with van der Waals surface area (Å²) in [5.74, 6) is -1.68. The van der Waals surface area contributed by atoms with Crippen molar-refractivity contribution in [3.05, 3.63) is 29.3 Å². The average Bonchev–Trinajstić information content (AvgIpc) is 3.33. The number of ether oxygens (including phenoxy) is 1. The number of amides is 3. The molecule has 3 amide bonds. The van der Waals surface area contributed by atoms with E-state index in [0.717, 1.165) is 35.3 Å². The molecule has 4 atom stereocenters. The van der Waals surface area contributed by atoms with Crippen LogP contribution in [0.3, 0.4) is 0 Å². The number of fused-ring (bicyclic) bond motifs is 5. The van der Waals surface area contributed by atoms with Crippen molar-refractivity contribution in [3.63, 3.8) is 0 Å². The first kappa shape index (κ1) is 18.7. The zero-order valence-corrected chi connectivity index (χ0v) is 16.1. The fourth-order valence-corrected chi connectivity index (χ4v) is 4.96. The molecule has 0 aromatic heterocycles. The molecule has 0 radical (unpaired) electrons. The van der Waals surface area contributed by atoms with Gasteiger partial charge in [0.25, 0.3) is 5.91 Å². The number of carbonyl (C=O) groups is 4. The van der Waals surface area contributed by atoms with Crippen molar-refractivity contribution < 1.29 is 23.9 Å². The van der Waals surface area contributed by atoms with Crippen LogP contribution in [0.25, 0.3) is 0 Å². The molecule has 3 aliphatic rings. The van der Waals surface area contributed by atoms with Crippen molar-refractivity contribution in [2.24, 2.45) is 23.7 Å². The number of likely N-dealkylation sites (tertiary alicyclic amines) is 1. The molecule has 1 aliphatic heterocycles. The smallest absolute Gasteiger partial charge is 0.326 e. The van der Waals surface area contributed by atoms with E-state index in [1.54, 1.807) is 6.07 Å². The third-order valence-corrected chi connectivity index (χ3v) is 6.46. The summed E-state index contributed by atoms with van der Waals surface area (Å²) in [4.78, 5) is 50.3. The van der Waals surface area contributed by atoms with Crippen LogP contribution in [0.1, 0.15) is 30.4 Å². The number of carbonyl (C=O) groups excluding carboxylic acids is 4. The van der Waals surface area contributed by atoms with E-state index in [1.807, 2.05) is 26.0 Å². The first-order valence-electron chi connectivity index (χ1n) is 9.73. The number of imide groups is 1. The van der Waals surface area contributed by atoms with Crippen LogP contribution < -0.4 is 5.32 Å². The van der Waals surface area contributed by atoms with E-state index in [9.17, 15) is 19.2 Å². The Morgan fingerprint density at radius 2 is 1.71 bits per heavy atom. The zero-order valence-electron chi connectivity index (χ0n) is 16.1. The first-order valence-corrected chi connectivity index (χ1v) is 9.73. The SMILES string of the molecule is Cc1ccc(NC(=O)COC(=O)CN2C(=O)[C@@H]3[C@H]4CC[C@@H](C4)[C@@H]3C2=O)cc1C. The van der Waals surface area contributed by atoms with E-state index in [1.165, 1.54) is 0 Å². The van der Waals surface area contributed by atoms with Crippen LogP contribution in [0.2, 0.25) is 0 Å². The highest BCUT2D eigenvalue weighted by Gasteiger charge is 2.61. The highest BCUT2D eigenvalue weighted by molar-refractivity contribution is 6.07. The lowest BCUT2D eigenvalue weighted by atomic mass is 9.81. The number of nitrogens with one attached hydrogen (secondary N) is 1. The van der Waals surface area contributed by atoms with Crippen molar-refractivity contribution >= 4 is 29.4 Å². The number of nitrogens with zero attached hydrogens (tertiary/aromatic N) is 1. The minimum atomic E-state index is -0.746. The van der Waals surface area contributed by atoms with Gasteiger partial charge in [-0.05, 0) is 68.2 Å². The van der Waals surface area contributed by atoms with Gasteiger partial charge in [-0.1, -0.05) is 6.07 Å². The van der Waals surface area contributed by atoms with Crippen LogP contribution >= 0.6 is 0 Å². The Hall–Kier alpha value is -2.70. The van der Waals surface area contributed by atoms with E-state index < -0.39 is 25.0 Å². The van der Waals surface area contributed by atoms with Crippen LogP contribution in [0.15, 0.2) is 18.2 Å². The third kappa shape index (κ3) is 3.19. The largest absolute Gasteiger partial charge is 0.454 e. The summed E-state index contributed by atoms with van der Waals surface area (Å²) < 4.78 is 4.98. The van der Waals surface area contributed by atoms with Crippen molar-refractivity contribution in [2.75, 3.05) is 18.5 Å². The van der Waals surface area contributed by atoms with Gasteiger partial charge in [0.1, 0.15) is 6.54 Å². The van der Waals surface area contributed by atoms with Gasteiger partial charge in [0.05, 0.1) is 11.8 Å². The summed E-state index contributed by atoms with van der Waals surface area (Å²) in [5, 5.41) is 2.67. The molecule has 1 aromatic carbocycles. The van der Waals surface area contributed by atoms with Gasteiger partial charge in [0.2, 0.25) is 11.8 Å². The normalized spacial score (nSPS) is 27.9. The van der Waals surface area contributed by atoms with Crippen LogP contribution in [-0.4, -0.2) is 41.7 Å². The van der Waals surface area contributed by atoms with Gasteiger partial charge in [-0.2, -0.15) is 0 Å². The van der Waals surface area contributed by atoms with Crippen molar-refractivity contribution in [1.82, 2.24) is 4.90 Å². The van der Waals surface area contributed by atoms with Gasteiger partial charge < -0.3 is 10.1 Å². The van der Waals surface area contributed by atoms with E-state index in [0.29, 0.717) is 5.69 Å². The number of esters is 1. The van der Waals surface area contributed by atoms with Crippen LogP contribution in [0, 0.1) is 37.5 Å². The second kappa shape index (κ2) is 7.04. The second-order valence-electron chi connectivity index (χ2n) is 8.16. The molecule has 148 valence electrons. The summed E-state index contributed by atoms with van der Waals surface area (Å²) in [6, 6.07) is 5.51. The highest BCUT2D eigenvalue weighted by atomic mass is 16.5. The van der Waals surface area contributed by atoms with E-state index in [2.05, 4.69) is 5.32 Å². The minimum Gasteiger partial charge on any atom is -0.454 e. The number of hydrogen-bond acceptors (Lipinski definition) is 5. The third-order valence-electron chi connectivity index (χ3n) is 6.46. The van der Waals surface area contributed by atoms with Crippen LogP contribution in [0.5, 0.6) is 0 Å². The fraction of sp³-hybridized carbons (Fsp3) is 0.524. The van der Waals surface area contributed by atoms with E-state index in [-0.39, 0.29) is 35.5 Å². The number of anilines is 1. The van der Waals surface area contributed by atoms with E-state index in [4.69, 9.17) is 4.74 Å². The number of aryl methyl sites for hydroxylation is 2. The number of benzene rings is 1. The lowest BCUT2D eigenvalue weighted by Gasteiger charge is -2.19. The monoisotopic (exact) mass is 384 g/mol. The van der Waals surface area contributed by atoms with Gasteiger partial charge in [0, 0.05) is 5.69 Å². The Morgan fingerprint density at radius 1 is 1.07 bits per heavy atom. The number of hydrogen-bond donors (Lipinski definition) is 1. The van der Waals surface area contributed by atoms with Gasteiger partial charge in [0.15, 0.2) is 6.61 Å². The summed E-state index contributed by atoms with van der Waals surface area (Å²) in [7, 11) is 0.